The molecule has 2 heterocycles. The van der Waals surface area contributed by atoms with E-state index in [0.717, 1.165) is 11.3 Å². The van der Waals surface area contributed by atoms with Gasteiger partial charge in [0, 0.05) is 18.0 Å². The number of hydrogen-bond donors (Lipinski definition) is 1. The van der Waals surface area contributed by atoms with Crippen LogP contribution in [-0.4, -0.2) is 29.2 Å². The van der Waals surface area contributed by atoms with Crippen molar-refractivity contribution in [2.24, 2.45) is 0 Å². The third-order valence-corrected chi connectivity index (χ3v) is 5.40. The van der Waals surface area contributed by atoms with Crippen molar-refractivity contribution < 1.29 is 18.8 Å². The fourth-order valence-electron chi connectivity index (χ4n) is 3.67. The normalized spacial score (nSPS) is 14.0. The van der Waals surface area contributed by atoms with Gasteiger partial charge in [0.25, 0.3) is 17.7 Å². The molecule has 1 atom stereocenters. The summed E-state index contributed by atoms with van der Waals surface area (Å²) in [6.45, 7) is 2.64. The lowest BCUT2D eigenvalue weighted by Gasteiger charge is -2.16. The van der Waals surface area contributed by atoms with Crippen LogP contribution in [0.2, 0.25) is 0 Å². The van der Waals surface area contributed by atoms with Gasteiger partial charge in [-0.05, 0) is 42.3 Å². The molecule has 2 aromatic carbocycles. The molecule has 6 heteroatoms. The summed E-state index contributed by atoms with van der Waals surface area (Å²) in [6, 6.07) is 18.1. The van der Waals surface area contributed by atoms with Crippen molar-refractivity contribution in [2.45, 2.75) is 25.8 Å². The first-order chi connectivity index (χ1) is 14.6. The molecule has 3 aromatic rings. The second-order valence-electron chi connectivity index (χ2n) is 7.26. The molecule has 30 heavy (non-hydrogen) atoms. The standard InChI is InChI=1S/C24H22N2O4/c1-2-16(17-7-4-3-5-8-17)14-25-22(27)18-10-11-20-21(13-18)24(29)26(23(20)28)15-19-9-6-12-30-19/h3-13,16H,2,14-15H2,1H3,(H,25,27). The number of hydrogen-bond acceptors (Lipinski definition) is 4. The van der Waals surface area contributed by atoms with Crippen LogP contribution in [0.1, 0.15) is 61.7 Å². The molecule has 1 N–H and O–H groups in total. The molecule has 3 amide bonds. The Hall–Kier alpha value is -3.67. The summed E-state index contributed by atoms with van der Waals surface area (Å²) < 4.78 is 5.24. The van der Waals surface area contributed by atoms with Gasteiger partial charge in [0.05, 0.1) is 23.9 Å². The molecule has 0 saturated carbocycles. The Bertz CT molecular complexity index is 1070. The van der Waals surface area contributed by atoms with Gasteiger partial charge in [-0.2, -0.15) is 0 Å². The van der Waals surface area contributed by atoms with Crippen LogP contribution in [0.25, 0.3) is 0 Å². The topological polar surface area (TPSA) is 79.6 Å². The van der Waals surface area contributed by atoms with E-state index < -0.39 is 5.91 Å². The third-order valence-electron chi connectivity index (χ3n) is 5.40. The molecule has 0 bridgehead atoms. The summed E-state index contributed by atoms with van der Waals surface area (Å²) in [5, 5.41) is 2.95. The minimum absolute atomic E-state index is 0.0656. The van der Waals surface area contributed by atoms with Gasteiger partial charge in [0.2, 0.25) is 0 Å². The quantitative estimate of drug-likeness (QED) is 0.606. The molecule has 6 nitrogen and oxygen atoms in total. The Kier molecular flexibility index (Phi) is 5.48. The van der Waals surface area contributed by atoms with E-state index in [2.05, 4.69) is 12.2 Å². The van der Waals surface area contributed by atoms with Crippen molar-refractivity contribution in [3.05, 3.63) is 94.9 Å². The number of rotatable bonds is 7. The van der Waals surface area contributed by atoms with Crippen molar-refractivity contribution in [3.8, 4) is 0 Å². The number of amides is 3. The zero-order valence-electron chi connectivity index (χ0n) is 16.6. The van der Waals surface area contributed by atoms with Crippen molar-refractivity contribution >= 4 is 17.7 Å². The maximum Gasteiger partial charge on any atom is 0.261 e. The van der Waals surface area contributed by atoms with Crippen LogP contribution < -0.4 is 5.32 Å². The molecule has 1 unspecified atom stereocenters. The number of imide groups is 1. The molecule has 152 valence electrons. The van der Waals surface area contributed by atoms with Gasteiger partial charge in [0.1, 0.15) is 5.76 Å². The van der Waals surface area contributed by atoms with E-state index in [1.54, 1.807) is 24.3 Å². The summed E-state index contributed by atoms with van der Waals surface area (Å²) in [5.41, 5.74) is 2.08. The monoisotopic (exact) mass is 402 g/mol. The van der Waals surface area contributed by atoms with E-state index in [0.29, 0.717) is 23.4 Å². The van der Waals surface area contributed by atoms with E-state index in [9.17, 15) is 14.4 Å². The molecule has 0 spiro atoms. The number of carbonyl (C=O) groups excluding carboxylic acids is 3. The van der Waals surface area contributed by atoms with E-state index in [-0.39, 0.29) is 29.8 Å². The van der Waals surface area contributed by atoms with Gasteiger partial charge < -0.3 is 9.73 Å². The first-order valence-electron chi connectivity index (χ1n) is 9.94. The van der Waals surface area contributed by atoms with Crippen molar-refractivity contribution in [2.75, 3.05) is 6.54 Å². The number of nitrogens with one attached hydrogen (secondary N) is 1. The summed E-state index contributed by atoms with van der Waals surface area (Å²) in [6.07, 6.45) is 2.39. The summed E-state index contributed by atoms with van der Waals surface area (Å²) in [7, 11) is 0. The Labute approximate surface area is 174 Å². The average Bonchev–Trinajstić information content (AvgIpc) is 3.37. The minimum Gasteiger partial charge on any atom is -0.467 e. The molecular formula is C24H22N2O4. The van der Waals surface area contributed by atoms with E-state index in [1.165, 1.54) is 17.9 Å². The van der Waals surface area contributed by atoms with Crippen LogP contribution >= 0.6 is 0 Å². The van der Waals surface area contributed by atoms with Crippen LogP contribution in [-0.2, 0) is 6.54 Å². The predicted octanol–water partition coefficient (Wildman–Crippen LogP) is 4.00. The highest BCUT2D eigenvalue weighted by molar-refractivity contribution is 6.22. The zero-order valence-corrected chi connectivity index (χ0v) is 16.6. The summed E-state index contributed by atoms with van der Waals surface area (Å²) in [5.74, 6) is -0.340. The van der Waals surface area contributed by atoms with Gasteiger partial charge in [-0.15, -0.1) is 0 Å². The molecule has 1 aliphatic heterocycles. The van der Waals surface area contributed by atoms with Crippen LogP contribution in [0.4, 0.5) is 0 Å². The lowest BCUT2D eigenvalue weighted by atomic mass is 9.96. The highest BCUT2D eigenvalue weighted by Crippen LogP contribution is 2.26. The van der Waals surface area contributed by atoms with Crippen LogP contribution in [0.3, 0.4) is 0 Å². The maximum absolute atomic E-state index is 12.7. The Morgan fingerprint density at radius 2 is 1.77 bits per heavy atom. The van der Waals surface area contributed by atoms with E-state index >= 15 is 0 Å². The van der Waals surface area contributed by atoms with Gasteiger partial charge in [-0.1, -0.05) is 37.3 Å². The number of carbonyl (C=O) groups is 3. The van der Waals surface area contributed by atoms with E-state index in [4.69, 9.17) is 4.42 Å². The fourth-order valence-corrected chi connectivity index (χ4v) is 3.67. The van der Waals surface area contributed by atoms with E-state index in [1.807, 2.05) is 30.3 Å². The highest BCUT2D eigenvalue weighted by atomic mass is 16.3. The SMILES string of the molecule is CCC(CNC(=O)c1ccc2c(c1)C(=O)N(Cc1ccco1)C2=O)c1ccccc1. The Morgan fingerprint density at radius 3 is 2.47 bits per heavy atom. The molecule has 0 saturated heterocycles. The Morgan fingerprint density at radius 1 is 1.00 bits per heavy atom. The Balaban J connectivity index is 1.47. The van der Waals surface area contributed by atoms with Gasteiger partial charge in [0.15, 0.2) is 0 Å². The second kappa shape index (κ2) is 8.37. The summed E-state index contributed by atoms with van der Waals surface area (Å²) in [4.78, 5) is 39.1. The lowest BCUT2D eigenvalue weighted by Crippen LogP contribution is -2.29. The van der Waals surface area contributed by atoms with Crippen molar-refractivity contribution in [1.82, 2.24) is 10.2 Å². The fraction of sp³-hybridized carbons (Fsp3) is 0.208. The van der Waals surface area contributed by atoms with Crippen LogP contribution in [0.15, 0.2) is 71.3 Å². The minimum atomic E-state index is -0.420. The van der Waals surface area contributed by atoms with Crippen LogP contribution in [0, 0.1) is 0 Å². The molecule has 4 rings (SSSR count). The molecular weight excluding hydrogens is 380 g/mol. The highest BCUT2D eigenvalue weighted by Gasteiger charge is 2.36. The molecule has 1 aromatic heterocycles. The number of furan rings is 1. The number of fused-ring (bicyclic) bond motifs is 1. The van der Waals surface area contributed by atoms with Crippen molar-refractivity contribution in [1.29, 1.82) is 0 Å². The number of benzene rings is 2. The first kappa shape index (κ1) is 19.6. The van der Waals surface area contributed by atoms with Gasteiger partial charge in [-0.25, -0.2) is 0 Å². The van der Waals surface area contributed by atoms with Gasteiger partial charge >= 0.3 is 0 Å². The van der Waals surface area contributed by atoms with Crippen molar-refractivity contribution in [3.63, 3.8) is 0 Å². The smallest absolute Gasteiger partial charge is 0.261 e. The average molecular weight is 402 g/mol. The van der Waals surface area contributed by atoms with Crippen LogP contribution in [0.5, 0.6) is 0 Å². The maximum atomic E-state index is 12.7. The number of nitrogens with zero attached hydrogens (tertiary/aromatic N) is 1. The molecule has 0 fully saturated rings. The third kappa shape index (κ3) is 3.76. The lowest BCUT2D eigenvalue weighted by molar-refractivity contribution is 0.0631. The second-order valence-corrected chi connectivity index (χ2v) is 7.26. The molecule has 0 radical (unpaired) electrons. The molecule has 0 aliphatic carbocycles. The largest absolute Gasteiger partial charge is 0.467 e. The first-order valence-corrected chi connectivity index (χ1v) is 9.94. The molecule has 1 aliphatic rings. The summed E-state index contributed by atoms with van der Waals surface area (Å²) >= 11 is 0. The predicted molar refractivity (Wildman–Crippen MR) is 111 cm³/mol. The van der Waals surface area contributed by atoms with Gasteiger partial charge in [-0.3, -0.25) is 19.3 Å². The zero-order chi connectivity index (χ0) is 21.1.